The van der Waals surface area contributed by atoms with Gasteiger partial charge in [-0.2, -0.15) is 0 Å². The van der Waals surface area contributed by atoms with E-state index in [1.54, 1.807) is 0 Å². The van der Waals surface area contributed by atoms with E-state index in [0.717, 1.165) is 22.1 Å². The maximum absolute atomic E-state index is 12.7. The van der Waals surface area contributed by atoms with Crippen molar-refractivity contribution in [2.75, 3.05) is 5.32 Å². The minimum atomic E-state index is -0.136. The molecule has 0 bridgehead atoms. The molecule has 3 heteroatoms. The van der Waals surface area contributed by atoms with Crippen LogP contribution < -0.4 is 5.32 Å². The van der Waals surface area contributed by atoms with Crippen LogP contribution in [0.2, 0.25) is 0 Å². The van der Waals surface area contributed by atoms with Crippen molar-refractivity contribution in [1.82, 2.24) is 0 Å². The summed E-state index contributed by atoms with van der Waals surface area (Å²) >= 11 is 3.47. The lowest BCUT2D eigenvalue weighted by molar-refractivity contribution is -0.118. The van der Waals surface area contributed by atoms with E-state index in [0.29, 0.717) is 0 Å². The first-order valence-corrected chi connectivity index (χ1v) is 8.03. The lowest BCUT2D eigenvalue weighted by atomic mass is 9.85. The van der Waals surface area contributed by atoms with Crippen LogP contribution in [0.15, 0.2) is 59.1 Å². The Balaban J connectivity index is 2.25. The van der Waals surface area contributed by atoms with Crippen LogP contribution in [0.3, 0.4) is 0 Å². The van der Waals surface area contributed by atoms with Crippen LogP contribution in [0.25, 0.3) is 0 Å². The third kappa shape index (κ3) is 3.94. The molecule has 0 saturated carbocycles. The number of halogens is 1. The first-order chi connectivity index (χ1) is 10.1. The summed E-state index contributed by atoms with van der Waals surface area (Å²) in [6.45, 7) is 4.24. The monoisotopic (exact) mass is 345 g/mol. The lowest BCUT2D eigenvalue weighted by Crippen LogP contribution is -2.26. The minimum absolute atomic E-state index is 0.0439. The molecule has 2 rings (SSSR count). The molecule has 2 nitrogen and oxygen atoms in total. The van der Waals surface area contributed by atoms with Gasteiger partial charge in [-0.15, -0.1) is 0 Å². The molecule has 21 heavy (non-hydrogen) atoms. The molecule has 2 atom stereocenters. The minimum Gasteiger partial charge on any atom is -0.325 e. The average molecular weight is 346 g/mol. The van der Waals surface area contributed by atoms with Gasteiger partial charge in [0, 0.05) is 4.47 Å². The van der Waals surface area contributed by atoms with Gasteiger partial charge >= 0.3 is 0 Å². The zero-order valence-electron chi connectivity index (χ0n) is 12.3. The summed E-state index contributed by atoms with van der Waals surface area (Å²) in [6, 6.07) is 17.7. The van der Waals surface area contributed by atoms with Crippen molar-refractivity contribution < 1.29 is 4.79 Å². The number of hydrogen-bond acceptors (Lipinski definition) is 1. The van der Waals surface area contributed by atoms with Crippen LogP contribution in [0.5, 0.6) is 0 Å². The smallest absolute Gasteiger partial charge is 0.232 e. The van der Waals surface area contributed by atoms with Crippen LogP contribution in [0.4, 0.5) is 5.69 Å². The Morgan fingerprint density at radius 3 is 2.33 bits per heavy atom. The molecule has 0 radical (unpaired) electrons. The second kappa shape index (κ2) is 7.41. The number of para-hydroxylation sites is 1. The molecule has 0 aliphatic carbocycles. The molecule has 0 aliphatic heterocycles. The number of hydrogen-bond donors (Lipinski definition) is 1. The van der Waals surface area contributed by atoms with Crippen LogP contribution in [0.1, 0.15) is 31.7 Å². The zero-order valence-corrected chi connectivity index (χ0v) is 13.9. The van der Waals surface area contributed by atoms with Crippen LogP contribution in [0, 0.1) is 5.92 Å². The Morgan fingerprint density at radius 1 is 1.10 bits per heavy atom. The highest BCUT2D eigenvalue weighted by Gasteiger charge is 2.26. The third-order valence-electron chi connectivity index (χ3n) is 3.79. The summed E-state index contributed by atoms with van der Waals surface area (Å²) < 4.78 is 0.898. The predicted molar refractivity (Wildman–Crippen MR) is 91.4 cm³/mol. The van der Waals surface area contributed by atoms with Crippen LogP contribution in [-0.2, 0) is 4.79 Å². The van der Waals surface area contributed by atoms with E-state index >= 15 is 0 Å². The second-order valence-electron chi connectivity index (χ2n) is 5.24. The Kier molecular flexibility index (Phi) is 5.57. The van der Waals surface area contributed by atoms with Gasteiger partial charge in [0.15, 0.2) is 0 Å². The standard InChI is InChI=1S/C18H20BrNO/c1-3-13(2)17(14-9-5-4-6-10-14)18(21)20-16-12-8-7-11-15(16)19/h4-13,17H,3H2,1-2H3,(H,20,21). The van der Waals surface area contributed by atoms with E-state index in [4.69, 9.17) is 0 Å². The molecule has 2 unspecified atom stereocenters. The molecule has 0 saturated heterocycles. The molecule has 110 valence electrons. The van der Waals surface area contributed by atoms with Crippen molar-refractivity contribution in [3.63, 3.8) is 0 Å². The van der Waals surface area contributed by atoms with Crippen molar-refractivity contribution in [1.29, 1.82) is 0 Å². The van der Waals surface area contributed by atoms with Crippen molar-refractivity contribution in [2.24, 2.45) is 5.92 Å². The molecular weight excluding hydrogens is 326 g/mol. The molecule has 1 amide bonds. The van der Waals surface area contributed by atoms with E-state index < -0.39 is 0 Å². The zero-order chi connectivity index (χ0) is 15.2. The van der Waals surface area contributed by atoms with Crippen molar-refractivity contribution in [3.8, 4) is 0 Å². The summed E-state index contributed by atoms with van der Waals surface area (Å²) in [6.07, 6.45) is 0.961. The Labute approximate surface area is 134 Å². The van der Waals surface area contributed by atoms with Crippen LogP contribution >= 0.6 is 15.9 Å². The Morgan fingerprint density at radius 2 is 1.71 bits per heavy atom. The number of rotatable bonds is 5. The highest BCUT2D eigenvalue weighted by molar-refractivity contribution is 9.10. The number of anilines is 1. The fourth-order valence-corrected chi connectivity index (χ4v) is 2.79. The number of nitrogens with one attached hydrogen (secondary N) is 1. The SMILES string of the molecule is CCC(C)C(C(=O)Nc1ccccc1Br)c1ccccc1. The van der Waals surface area contributed by atoms with E-state index in [1.807, 2.05) is 54.6 Å². The van der Waals surface area contributed by atoms with Gasteiger partial charge < -0.3 is 5.32 Å². The second-order valence-corrected chi connectivity index (χ2v) is 6.10. The molecule has 0 aliphatic rings. The Hall–Kier alpha value is -1.61. The molecule has 0 fully saturated rings. The normalized spacial score (nSPS) is 13.5. The highest BCUT2D eigenvalue weighted by Crippen LogP contribution is 2.30. The maximum atomic E-state index is 12.7. The first-order valence-electron chi connectivity index (χ1n) is 7.23. The van der Waals surface area contributed by atoms with Gasteiger partial charge in [0.1, 0.15) is 0 Å². The molecule has 0 spiro atoms. The molecule has 2 aromatic carbocycles. The molecule has 1 N–H and O–H groups in total. The number of amides is 1. The summed E-state index contributed by atoms with van der Waals surface area (Å²) in [5.41, 5.74) is 1.88. The maximum Gasteiger partial charge on any atom is 0.232 e. The van der Waals surface area contributed by atoms with Gasteiger partial charge in [-0.1, -0.05) is 62.7 Å². The fourth-order valence-electron chi connectivity index (χ4n) is 2.41. The lowest BCUT2D eigenvalue weighted by Gasteiger charge is -2.23. The average Bonchev–Trinajstić information content (AvgIpc) is 2.50. The van der Waals surface area contributed by atoms with E-state index in [2.05, 4.69) is 35.1 Å². The van der Waals surface area contributed by atoms with Crippen molar-refractivity contribution in [3.05, 3.63) is 64.6 Å². The topological polar surface area (TPSA) is 29.1 Å². The summed E-state index contributed by atoms with van der Waals surface area (Å²) in [5.74, 6) is 0.195. The first kappa shape index (κ1) is 15.8. The van der Waals surface area contributed by atoms with E-state index in [1.165, 1.54) is 0 Å². The Bertz CT molecular complexity index is 597. The summed E-state index contributed by atoms with van der Waals surface area (Å²) in [5, 5.41) is 3.04. The fraction of sp³-hybridized carbons (Fsp3) is 0.278. The molecule has 0 aromatic heterocycles. The summed E-state index contributed by atoms with van der Waals surface area (Å²) in [7, 11) is 0. The number of benzene rings is 2. The van der Waals surface area contributed by atoms with Crippen molar-refractivity contribution in [2.45, 2.75) is 26.2 Å². The number of carbonyl (C=O) groups excluding carboxylic acids is 1. The van der Waals surface area contributed by atoms with E-state index in [-0.39, 0.29) is 17.7 Å². The van der Waals surface area contributed by atoms with Crippen LogP contribution in [-0.4, -0.2) is 5.91 Å². The highest BCUT2D eigenvalue weighted by atomic mass is 79.9. The van der Waals surface area contributed by atoms with Gasteiger partial charge in [-0.25, -0.2) is 0 Å². The summed E-state index contributed by atoms with van der Waals surface area (Å²) in [4.78, 5) is 12.7. The van der Waals surface area contributed by atoms with E-state index in [9.17, 15) is 4.79 Å². The third-order valence-corrected chi connectivity index (χ3v) is 4.48. The molecule has 2 aromatic rings. The largest absolute Gasteiger partial charge is 0.325 e. The van der Waals surface area contributed by atoms with Gasteiger partial charge in [-0.3, -0.25) is 4.79 Å². The quantitative estimate of drug-likeness (QED) is 0.790. The van der Waals surface area contributed by atoms with Gasteiger partial charge in [0.05, 0.1) is 11.6 Å². The molecular formula is C18H20BrNO. The van der Waals surface area contributed by atoms with Gasteiger partial charge in [0.25, 0.3) is 0 Å². The van der Waals surface area contributed by atoms with Crippen molar-refractivity contribution >= 4 is 27.5 Å². The number of carbonyl (C=O) groups is 1. The van der Waals surface area contributed by atoms with Gasteiger partial charge in [0.2, 0.25) is 5.91 Å². The molecule has 0 heterocycles. The van der Waals surface area contributed by atoms with Gasteiger partial charge in [-0.05, 0) is 39.5 Å². The predicted octanol–water partition coefficient (Wildman–Crippen LogP) is 5.22.